The van der Waals surface area contributed by atoms with Gasteiger partial charge < -0.3 is 18.3 Å². The van der Waals surface area contributed by atoms with Crippen LogP contribution in [-0.2, 0) is 0 Å². The number of hydrogen-bond acceptors (Lipinski definition) is 6. The number of aromatic nitrogens is 2. The van der Waals surface area contributed by atoms with Crippen LogP contribution in [-0.4, -0.2) is 16.8 Å². The maximum atomic E-state index is 5.97. The van der Waals surface area contributed by atoms with Crippen LogP contribution in [0.5, 0.6) is 11.5 Å². The Balaban J connectivity index is 1.24. The molecule has 0 unspecified atom stereocenters. The largest absolute Gasteiger partial charge is 0.457 e. The van der Waals surface area contributed by atoms with Crippen molar-refractivity contribution in [3.63, 3.8) is 0 Å². The first-order valence-corrected chi connectivity index (χ1v) is 10.5. The zero-order valence-electron chi connectivity index (χ0n) is 17.5. The van der Waals surface area contributed by atoms with Gasteiger partial charge in [0.1, 0.15) is 22.5 Å². The molecule has 6 nitrogen and oxygen atoms in total. The Morgan fingerprint density at radius 2 is 0.939 bits per heavy atom. The van der Waals surface area contributed by atoms with E-state index in [1.54, 1.807) is 0 Å². The first-order valence-electron chi connectivity index (χ1n) is 10.5. The molecule has 0 radical (unpaired) electrons. The van der Waals surface area contributed by atoms with Crippen LogP contribution in [0.2, 0.25) is 0 Å². The quantitative estimate of drug-likeness (QED) is 0.271. The third-order valence-electron chi connectivity index (χ3n) is 5.25. The fraction of sp³-hybridized carbons (Fsp3) is 0.0370. The van der Waals surface area contributed by atoms with Crippen molar-refractivity contribution in [1.29, 1.82) is 0 Å². The van der Waals surface area contributed by atoms with Crippen molar-refractivity contribution in [2.75, 3.05) is 6.79 Å². The molecule has 0 aliphatic rings. The standard InChI is InChI=1S/C27H18N2O4/c1-5-13-22(18(9-1)26-28-20-11-3-7-15-24(20)32-26)30-17-31-23-14-6-2-10-19(23)27-29-21-12-4-8-16-25(21)33-27/h1-16H,17H2. The molecule has 0 atom stereocenters. The second-order valence-electron chi connectivity index (χ2n) is 7.37. The molecule has 0 amide bonds. The van der Waals surface area contributed by atoms with E-state index in [-0.39, 0.29) is 6.79 Å². The highest BCUT2D eigenvalue weighted by molar-refractivity contribution is 5.78. The van der Waals surface area contributed by atoms with Crippen LogP contribution < -0.4 is 9.47 Å². The molecule has 33 heavy (non-hydrogen) atoms. The lowest BCUT2D eigenvalue weighted by molar-refractivity contribution is 0.120. The summed E-state index contributed by atoms with van der Waals surface area (Å²) >= 11 is 0. The average Bonchev–Trinajstić information content (AvgIpc) is 3.49. The predicted molar refractivity (Wildman–Crippen MR) is 125 cm³/mol. The van der Waals surface area contributed by atoms with Crippen molar-refractivity contribution in [3.8, 4) is 34.4 Å². The van der Waals surface area contributed by atoms with Gasteiger partial charge in [0.2, 0.25) is 18.6 Å². The Bertz CT molecular complexity index is 1380. The Labute approximate surface area is 189 Å². The molecule has 0 saturated carbocycles. The minimum Gasteiger partial charge on any atom is -0.457 e. The van der Waals surface area contributed by atoms with Crippen LogP contribution in [0, 0.1) is 0 Å². The van der Waals surface area contributed by atoms with E-state index < -0.39 is 0 Å². The summed E-state index contributed by atoms with van der Waals surface area (Å²) in [6.45, 7) is -0.00547. The van der Waals surface area contributed by atoms with Crippen molar-refractivity contribution in [2.45, 2.75) is 0 Å². The molecule has 0 aliphatic heterocycles. The number of hydrogen-bond donors (Lipinski definition) is 0. The molecular formula is C27H18N2O4. The second-order valence-corrected chi connectivity index (χ2v) is 7.37. The zero-order valence-corrected chi connectivity index (χ0v) is 17.5. The molecule has 0 fully saturated rings. The van der Waals surface area contributed by atoms with Gasteiger partial charge in [-0.05, 0) is 48.5 Å². The highest BCUT2D eigenvalue weighted by Crippen LogP contribution is 2.33. The highest BCUT2D eigenvalue weighted by Gasteiger charge is 2.15. The summed E-state index contributed by atoms with van der Waals surface area (Å²) in [7, 11) is 0. The van der Waals surface area contributed by atoms with Crippen molar-refractivity contribution < 1.29 is 18.3 Å². The zero-order chi connectivity index (χ0) is 22.0. The fourth-order valence-electron chi connectivity index (χ4n) is 3.67. The maximum absolute atomic E-state index is 5.97. The molecule has 160 valence electrons. The van der Waals surface area contributed by atoms with Gasteiger partial charge in [-0.25, -0.2) is 9.97 Å². The molecule has 0 spiro atoms. The third-order valence-corrected chi connectivity index (χ3v) is 5.25. The van der Waals surface area contributed by atoms with Gasteiger partial charge in [0.05, 0.1) is 11.1 Å². The van der Waals surface area contributed by atoms with E-state index in [0.717, 1.165) is 33.3 Å². The van der Waals surface area contributed by atoms with E-state index in [4.69, 9.17) is 18.3 Å². The number of ether oxygens (including phenoxy) is 2. The Morgan fingerprint density at radius 3 is 1.42 bits per heavy atom. The topological polar surface area (TPSA) is 70.5 Å². The molecule has 0 bridgehead atoms. The summed E-state index contributed by atoms with van der Waals surface area (Å²) in [4.78, 5) is 9.15. The number of rotatable bonds is 6. The number of benzene rings is 4. The number of fused-ring (bicyclic) bond motifs is 2. The van der Waals surface area contributed by atoms with Crippen LogP contribution >= 0.6 is 0 Å². The third kappa shape index (κ3) is 3.68. The van der Waals surface area contributed by atoms with Crippen LogP contribution in [0.3, 0.4) is 0 Å². The number of para-hydroxylation sites is 6. The second kappa shape index (κ2) is 8.16. The van der Waals surface area contributed by atoms with Gasteiger partial charge in [-0.1, -0.05) is 48.5 Å². The molecule has 6 heteroatoms. The monoisotopic (exact) mass is 434 g/mol. The van der Waals surface area contributed by atoms with Crippen LogP contribution in [0.25, 0.3) is 45.1 Å². The molecule has 0 aliphatic carbocycles. The number of nitrogens with zero attached hydrogens (tertiary/aromatic N) is 2. The van der Waals surface area contributed by atoms with Gasteiger partial charge in [0.25, 0.3) is 0 Å². The minimum atomic E-state index is -0.00547. The van der Waals surface area contributed by atoms with E-state index in [9.17, 15) is 0 Å². The normalized spacial score (nSPS) is 11.2. The maximum Gasteiger partial charge on any atom is 0.231 e. The molecule has 6 rings (SSSR count). The number of oxazole rings is 2. The molecule has 2 aromatic heterocycles. The highest BCUT2D eigenvalue weighted by atomic mass is 16.7. The van der Waals surface area contributed by atoms with E-state index in [0.29, 0.717) is 23.3 Å². The van der Waals surface area contributed by atoms with E-state index in [1.807, 2.05) is 97.1 Å². The van der Waals surface area contributed by atoms with Gasteiger partial charge in [0, 0.05) is 0 Å². The van der Waals surface area contributed by atoms with Gasteiger partial charge in [-0.3, -0.25) is 0 Å². The van der Waals surface area contributed by atoms with Crippen molar-refractivity contribution >= 4 is 22.2 Å². The van der Waals surface area contributed by atoms with E-state index in [2.05, 4.69) is 9.97 Å². The first-order chi connectivity index (χ1) is 16.3. The minimum absolute atomic E-state index is 0.00547. The lowest BCUT2D eigenvalue weighted by Gasteiger charge is -2.12. The first kappa shape index (κ1) is 19.1. The lowest BCUT2D eigenvalue weighted by atomic mass is 10.2. The van der Waals surface area contributed by atoms with Crippen LogP contribution in [0.4, 0.5) is 0 Å². The van der Waals surface area contributed by atoms with E-state index >= 15 is 0 Å². The smallest absolute Gasteiger partial charge is 0.231 e. The molecule has 0 N–H and O–H groups in total. The van der Waals surface area contributed by atoms with Gasteiger partial charge >= 0.3 is 0 Å². The van der Waals surface area contributed by atoms with Crippen molar-refractivity contribution in [2.24, 2.45) is 0 Å². The summed E-state index contributed by atoms with van der Waals surface area (Å²) in [6.07, 6.45) is 0. The van der Waals surface area contributed by atoms with Gasteiger partial charge in [0.15, 0.2) is 11.2 Å². The van der Waals surface area contributed by atoms with Crippen molar-refractivity contribution in [1.82, 2.24) is 9.97 Å². The fourth-order valence-corrected chi connectivity index (χ4v) is 3.67. The Hall–Kier alpha value is -4.58. The van der Waals surface area contributed by atoms with E-state index in [1.165, 1.54) is 0 Å². The Kier molecular flexibility index (Phi) is 4.73. The summed E-state index contributed by atoms with van der Waals surface area (Å²) in [5, 5.41) is 0. The SMILES string of the molecule is c1ccc(-c2nc3ccccc3o2)c(OCOc2ccccc2-c2nc3ccccc3o2)c1. The summed E-state index contributed by atoms with van der Waals surface area (Å²) in [5.41, 5.74) is 4.56. The summed E-state index contributed by atoms with van der Waals surface area (Å²) in [5.74, 6) is 2.23. The van der Waals surface area contributed by atoms with Gasteiger partial charge in [-0.2, -0.15) is 0 Å². The van der Waals surface area contributed by atoms with Crippen molar-refractivity contribution in [3.05, 3.63) is 97.1 Å². The molecule has 4 aromatic carbocycles. The Morgan fingerprint density at radius 1 is 0.515 bits per heavy atom. The lowest BCUT2D eigenvalue weighted by Crippen LogP contribution is -2.07. The molecule has 2 heterocycles. The molecular weight excluding hydrogens is 416 g/mol. The average molecular weight is 434 g/mol. The molecule has 0 saturated heterocycles. The predicted octanol–water partition coefficient (Wildman–Crippen LogP) is 6.72. The summed E-state index contributed by atoms with van der Waals surface area (Å²) in [6, 6.07) is 30.5. The molecule has 6 aromatic rings. The van der Waals surface area contributed by atoms with Gasteiger partial charge in [-0.15, -0.1) is 0 Å². The summed E-state index contributed by atoms with van der Waals surface area (Å²) < 4.78 is 23.8. The van der Waals surface area contributed by atoms with Crippen LogP contribution in [0.15, 0.2) is 106 Å². The van der Waals surface area contributed by atoms with Crippen LogP contribution in [0.1, 0.15) is 0 Å².